The van der Waals surface area contributed by atoms with Crippen molar-refractivity contribution >= 4 is 11.5 Å². The molecule has 18 heavy (non-hydrogen) atoms. The Hall–Kier alpha value is -1.45. The average molecular weight is 251 g/mol. The lowest BCUT2D eigenvalue weighted by Gasteiger charge is -2.18. The number of nitrogens with two attached hydrogens (primary N) is 1. The quantitative estimate of drug-likeness (QED) is 0.780. The van der Waals surface area contributed by atoms with Gasteiger partial charge in [-0.15, -0.1) is 0 Å². The van der Waals surface area contributed by atoms with E-state index in [0.29, 0.717) is 30.1 Å². The summed E-state index contributed by atoms with van der Waals surface area (Å²) < 4.78 is 5.39. The summed E-state index contributed by atoms with van der Waals surface area (Å²) in [5.41, 5.74) is 6.37. The standard InChI is InChI=1S/C14H25N3O/c1-5-10(3)9-11(4)16-13-8-7-12(15)14(17-13)18-6-2/h7-8,10-11H,5-6,9,15H2,1-4H3,(H,16,17). The summed E-state index contributed by atoms with van der Waals surface area (Å²) >= 11 is 0. The van der Waals surface area contributed by atoms with Gasteiger partial charge in [-0.05, 0) is 38.3 Å². The summed E-state index contributed by atoms with van der Waals surface area (Å²) in [7, 11) is 0. The lowest BCUT2D eigenvalue weighted by molar-refractivity contribution is 0.329. The number of pyridine rings is 1. The Bertz CT molecular complexity index is 368. The maximum absolute atomic E-state index is 5.79. The van der Waals surface area contributed by atoms with Crippen molar-refractivity contribution in [3.63, 3.8) is 0 Å². The molecule has 1 aromatic heterocycles. The van der Waals surface area contributed by atoms with Crippen LogP contribution in [0.4, 0.5) is 11.5 Å². The fourth-order valence-electron chi connectivity index (χ4n) is 1.87. The van der Waals surface area contributed by atoms with Gasteiger partial charge in [-0.3, -0.25) is 0 Å². The summed E-state index contributed by atoms with van der Waals surface area (Å²) in [5.74, 6) is 2.05. The van der Waals surface area contributed by atoms with E-state index in [0.717, 1.165) is 12.2 Å². The molecular weight excluding hydrogens is 226 g/mol. The first-order valence-corrected chi connectivity index (χ1v) is 6.72. The monoisotopic (exact) mass is 251 g/mol. The first kappa shape index (κ1) is 14.6. The van der Waals surface area contributed by atoms with Crippen LogP contribution in [-0.2, 0) is 0 Å². The Balaban J connectivity index is 2.64. The van der Waals surface area contributed by atoms with Crippen LogP contribution < -0.4 is 15.8 Å². The highest BCUT2D eigenvalue weighted by Crippen LogP contribution is 2.22. The number of hydrogen-bond acceptors (Lipinski definition) is 4. The fourth-order valence-corrected chi connectivity index (χ4v) is 1.87. The number of nitrogens with zero attached hydrogens (tertiary/aromatic N) is 1. The first-order valence-electron chi connectivity index (χ1n) is 6.72. The van der Waals surface area contributed by atoms with E-state index < -0.39 is 0 Å². The summed E-state index contributed by atoms with van der Waals surface area (Å²) in [5, 5.41) is 3.39. The molecule has 0 amide bonds. The largest absolute Gasteiger partial charge is 0.476 e. The molecule has 0 aliphatic carbocycles. The molecule has 1 heterocycles. The van der Waals surface area contributed by atoms with Gasteiger partial charge in [0, 0.05) is 6.04 Å². The van der Waals surface area contributed by atoms with Crippen LogP contribution in [0.15, 0.2) is 12.1 Å². The van der Waals surface area contributed by atoms with Gasteiger partial charge in [0.05, 0.1) is 12.3 Å². The van der Waals surface area contributed by atoms with Crippen LogP contribution in [0.3, 0.4) is 0 Å². The summed E-state index contributed by atoms with van der Waals surface area (Å²) in [6.07, 6.45) is 2.33. The van der Waals surface area contributed by atoms with E-state index in [-0.39, 0.29) is 0 Å². The predicted molar refractivity (Wildman–Crippen MR) is 77.0 cm³/mol. The molecule has 1 rings (SSSR count). The molecular formula is C14H25N3O. The van der Waals surface area contributed by atoms with Gasteiger partial charge >= 0.3 is 0 Å². The van der Waals surface area contributed by atoms with Gasteiger partial charge < -0.3 is 15.8 Å². The Kier molecular flexibility index (Phi) is 5.75. The second-order valence-corrected chi connectivity index (χ2v) is 4.82. The minimum atomic E-state index is 0.394. The van der Waals surface area contributed by atoms with Gasteiger partial charge in [0.15, 0.2) is 0 Å². The number of aromatic nitrogens is 1. The molecule has 0 radical (unpaired) electrons. The number of hydrogen-bond donors (Lipinski definition) is 2. The summed E-state index contributed by atoms with van der Waals surface area (Å²) in [4.78, 5) is 4.38. The third kappa shape index (κ3) is 4.43. The van der Waals surface area contributed by atoms with Crippen molar-refractivity contribution in [1.29, 1.82) is 0 Å². The van der Waals surface area contributed by atoms with Crippen molar-refractivity contribution in [1.82, 2.24) is 4.98 Å². The smallest absolute Gasteiger partial charge is 0.239 e. The second kappa shape index (κ2) is 7.09. The van der Waals surface area contributed by atoms with Crippen molar-refractivity contribution in [2.45, 2.75) is 46.6 Å². The third-order valence-corrected chi connectivity index (χ3v) is 3.02. The van der Waals surface area contributed by atoms with Gasteiger partial charge in [-0.1, -0.05) is 20.3 Å². The minimum absolute atomic E-state index is 0.394. The Morgan fingerprint density at radius 3 is 2.67 bits per heavy atom. The molecule has 0 bridgehead atoms. The van der Waals surface area contributed by atoms with Crippen molar-refractivity contribution in [3.8, 4) is 5.88 Å². The van der Waals surface area contributed by atoms with E-state index >= 15 is 0 Å². The molecule has 0 aromatic carbocycles. The zero-order chi connectivity index (χ0) is 13.5. The second-order valence-electron chi connectivity index (χ2n) is 4.82. The SMILES string of the molecule is CCOc1nc(NC(C)CC(C)CC)ccc1N. The number of nitrogens with one attached hydrogen (secondary N) is 1. The Morgan fingerprint density at radius 1 is 1.33 bits per heavy atom. The molecule has 4 heteroatoms. The number of nitrogen functional groups attached to an aromatic ring is 1. The first-order chi connectivity index (χ1) is 8.56. The highest BCUT2D eigenvalue weighted by atomic mass is 16.5. The van der Waals surface area contributed by atoms with E-state index in [1.165, 1.54) is 6.42 Å². The zero-order valence-electron chi connectivity index (χ0n) is 11.9. The molecule has 0 aliphatic heterocycles. The average Bonchev–Trinajstić information content (AvgIpc) is 2.33. The van der Waals surface area contributed by atoms with Crippen LogP contribution in [-0.4, -0.2) is 17.6 Å². The van der Waals surface area contributed by atoms with E-state index in [9.17, 15) is 0 Å². The molecule has 0 saturated carbocycles. The van der Waals surface area contributed by atoms with Crippen molar-refractivity contribution in [2.75, 3.05) is 17.7 Å². The van der Waals surface area contributed by atoms with Gasteiger partial charge in [-0.25, -0.2) is 0 Å². The fraction of sp³-hybridized carbons (Fsp3) is 0.643. The van der Waals surface area contributed by atoms with Crippen LogP contribution in [0.1, 0.15) is 40.5 Å². The highest BCUT2D eigenvalue weighted by Gasteiger charge is 2.09. The normalized spacial score (nSPS) is 14.0. The minimum Gasteiger partial charge on any atom is -0.476 e. The lowest BCUT2D eigenvalue weighted by atomic mass is 10.0. The molecule has 4 nitrogen and oxygen atoms in total. The van der Waals surface area contributed by atoms with Crippen molar-refractivity contribution < 1.29 is 4.74 Å². The van der Waals surface area contributed by atoms with Crippen molar-refractivity contribution in [2.24, 2.45) is 5.92 Å². The van der Waals surface area contributed by atoms with E-state index in [2.05, 4.69) is 31.1 Å². The molecule has 0 fully saturated rings. The van der Waals surface area contributed by atoms with E-state index in [1.54, 1.807) is 0 Å². The number of anilines is 2. The van der Waals surface area contributed by atoms with Gasteiger partial charge in [0.25, 0.3) is 0 Å². The van der Waals surface area contributed by atoms with E-state index in [1.807, 2.05) is 19.1 Å². The molecule has 3 N–H and O–H groups in total. The molecule has 0 saturated heterocycles. The molecule has 1 aromatic rings. The topological polar surface area (TPSA) is 60.2 Å². The summed E-state index contributed by atoms with van der Waals surface area (Å²) in [6.45, 7) is 9.15. The molecule has 102 valence electrons. The predicted octanol–water partition coefficient (Wildman–Crippen LogP) is 3.30. The molecule has 0 aliphatic rings. The van der Waals surface area contributed by atoms with Gasteiger partial charge in [-0.2, -0.15) is 4.98 Å². The highest BCUT2D eigenvalue weighted by molar-refractivity contribution is 5.53. The Morgan fingerprint density at radius 2 is 2.06 bits per heavy atom. The number of rotatable bonds is 7. The van der Waals surface area contributed by atoms with Crippen LogP contribution >= 0.6 is 0 Å². The van der Waals surface area contributed by atoms with Crippen LogP contribution in [0.5, 0.6) is 5.88 Å². The van der Waals surface area contributed by atoms with Gasteiger partial charge in [0.2, 0.25) is 5.88 Å². The lowest BCUT2D eigenvalue weighted by Crippen LogP contribution is -2.19. The maximum atomic E-state index is 5.79. The molecule has 2 unspecified atom stereocenters. The van der Waals surface area contributed by atoms with E-state index in [4.69, 9.17) is 10.5 Å². The maximum Gasteiger partial charge on any atom is 0.239 e. The zero-order valence-corrected chi connectivity index (χ0v) is 11.9. The van der Waals surface area contributed by atoms with Gasteiger partial charge in [0.1, 0.15) is 5.82 Å². The number of ether oxygens (including phenoxy) is 1. The molecule has 0 spiro atoms. The third-order valence-electron chi connectivity index (χ3n) is 3.02. The molecule has 2 atom stereocenters. The Labute approximate surface area is 110 Å². The van der Waals surface area contributed by atoms with Crippen molar-refractivity contribution in [3.05, 3.63) is 12.1 Å². The van der Waals surface area contributed by atoms with Crippen LogP contribution in [0.25, 0.3) is 0 Å². The summed E-state index contributed by atoms with van der Waals surface area (Å²) in [6, 6.07) is 4.12. The van der Waals surface area contributed by atoms with Crippen LogP contribution in [0, 0.1) is 5.92 Å². The van der Waals surface area contributed by atoms with Crippen LogP contribution in [0.2, 0.25) is 0 Å².